The molecule has 0 spiro atoms. The van der Waals surface area contributed by atoms with Crippen LogP contribution in [0.3, 0.4) is 0 Å². The average Bonchev–Trinajstić information content (AvgIpc) is 3.68. The maximum atomic E-state index is 13.6. The van der Waals surface area contributed by atoms with Gasteiger partial charge < -0.3 is 10.6 Å². The monoisotopic (exact) mass is 495 g/mol. The number of halogens is 1. The van der Waals surface area contributed by atoms with Crippen LogP contribution < -0.4 is 21.9 Å². The molecule has 1 heterocycles. The van der Waals surface area contributed by atoms with Crippen molar-refractivity contribution >= 4 is 29.0 Å². The molecule has 0 saturated heterocycles. The lowest BCUT2D eigenvalue weighted by Gasteiger charge is -2.32. The molecule has 1 aliphatic carbocycles. The largest absolute Gasteiger partial charge is 0.383 e. The number of H-pyrrole nitrogens is 1. The maximum Gasteiger partial charge on any atom is 0.330 e. The van der Waals surface area contributed by atoms with E-state index >= 15 is 0 Å². The molecule has 3 N–H and O–H groups in total. The SMILES string of the molecule is CCN(C(=O)CN(C1CC1)C(C)c1ccccc1Cl)c1c(N)n(Cc2ccccc2)c(=O)[nH]c1=O. The van der Waals surface area contributed by atoms with Crippen molar-refractivity contribution in [2.45, 2.75) is 45.3 Å². The van der Waals surface area contributed by atoms with E-state index in [-0.39, 0.29) is 49.1 Å². The van der Waals surface area contributed by atoms with Gasteiger partial charge in [-0.15, -0.1) is 0 Å². The van der Waals surface area contributed by atoms with Crippen LogP contribution >= 0.6 is 11.6 Å². The molecule has 2 aromatic carbocycles. The molecular weight excluding hydrogens is 466 g/mol. The maximum absolute atomic E-state index is 13.6. The number of carbonyl (C=O) groups excluding carboxylic acids is 1. The summed E-state index contributed by atoms with van der Waals surface area (Å²) in [5, 5.41) is 0.652. The third-order valence-electron chi connectivity index (χ3n) is 6.47. The number of benzene rings is 2. The molecule has 0 radical (unpaired) electrons. The number of hydrogen-bond donors (Lipinski definition) is 2. The molecule has 1 fully saturated rings. The minimum atomic E-state index is -0.677. The quantitative estimate of drug-likeness (QED) is 0.473. The second-order valence-corrected chi connectivity index (χ2v) is 9.21. The molecule has 9 heteroatoms. The molecule has 1 atom stereocenters. The van der Waals surface area contributed by atoms with Crippen molar-refractivity contribution in [1.82, 2.24) is 14.5 Å². The molecule has 1 amide bonds. The van der Waals surface area contributed by atoms with Crippen molar-refractivity contribution in [1.29, 1.82) is 0 Å². The van der Waals surface area contributed by atoms with Crippen molar-refractivity contribution in [2.24, 2.45) is 0 Å². The predicted molar refractivity (Wildman–Crippen MR) is 139 cm³/mol. The molecule has 1 unspecified atom stereocenters. The standard InChI is InChI=1S/C26H30ClN5O3/c1-3-30(22(33)16-31(19-13-14-19)17(2)20-11-7-8-12-21(20)27)23-24(28)32(26(35)29-25(23)34)15-18-9-5-4-6-10-18/h4-12,17,19H,3,13-16,28H2,1-2H3,(H,29,34,35). The van der Waals surface area contributed by atoms with Crippen molar-refractivity contribution in [3.63, 3.8) is 0 Å². The molecule has 3 aromatic rings. The van der Waals surface area contributed by atoms with E-state index in [0.29, 0.717) is 5.02 Å². The Morgan fingerprint density at radius 1 is 1.14 bits per heavy atom. The van der Waals surface area contributed by atoms with Crippen LogP contribution in [0.4, 0.5) is 11.5 Å². The fraction of sp³-hybridized carbons (Fsp3) is 0.346. The smallest absolute Gasteiger partial charge is 0.330 e. The summed E-state index contributed by atoms with van der Waals surface area (Å²) in [6.07, 6.45) is 2.00. The molecular formula is C26H30ClN5O3. The molecule has 1 aliphatic rings. The number of carbonyl (C=O) groups is 1. The number of aromatic amines is 1. The minimum absolute atomic E-state index is 0.00539. The van der Waals surface area contributed by atoms with Crippen molar-refractivity contribution in [2.75, 3.05) is 23.7 Å². The van der Waals surface area contributed by atoms with E-state index in [1.807, 2.05) is 61.5 Å². The first-order chi connectivity index (χ1) is 16.8. The third kappa shape index (κ3) is 5.33. The topological polar surface area (TPSA) is 104 Å². The first kappa shape index (κ1) is 24.8. The van der Waals surface area contributed by atoms with Gasteiger partial charge in [-0.05, 0) is 43.9 Å². The van der Waals surface area contributed by atoms with E-state index in [1.54, 1.807) is 6.92 Å². The molecule has 8 nitrogen and oxygen atoms in total. The number of amides is 1. The zero-order chi connectivity index (χ0) is 25.1. The van der Waals surface area contributed by atoms with E-state index in [4.69, 9.17) is 17.3 Å². The van der Waals surface area contributed by atoms with E-state index in [1.165, 1.54) is 9.47 Å². The molecule has 0 bridgehead atoms. The molecule has 1 aromatic heterocycles. The second kappa shape index (κ2) is 10.5. The number of nitrogens with one attached hydrogen (secondary N) is 1. The van der Waals surface area contributed by atoms with Crippen LogP contribution in [0.1, 0.15) is 43.9 Å². The van der Waals surface area contributed by atoms with Gasteiger partial charge in [0.25, 0.3) is 5.56 Å². The molecule has 184 valence electrons. The fourth-order valence-corrected chi connectivity index (χ4v) is 4.74. The number of aromatic nitrogens is 2. The summed E-state index contributed by atoms with van der Waals surface area (Å²) >= 11 is 6.43. The summed E-state index contributed by atoms with van der Waals surface area (Å²) in [5.74, 6) is -0.296. The molecule has 35 heavy (non-hydrogen) atoms. The lowest BCUT2D eigenvalue weighted by atomic mass is 10.1. The van der Waals surface area contributed by atoms with Crippen LogP contribution in [0.15, 0.2) is 64.2 Å². The number of nitrogens with two attached hydrogens (primary N) is 1. The number of likely N-dealkylation sites (N-methyl/N-ethyl adjacent to an activating group) is 1. The number of nitrogen functional groups attached to an aromatic ring is 1. The first-order valence-corrected chi connectivity index (χ1v) is 12.2. The van der Waals surface area contributed by atoms with Gasteiger partial charge in [0.05, 0.1) is 13.1 Å². The van der Waals surface area contributed by atoms with Gasteiger partial charge in [0.2, 0.25) is 5.91 Å². The van der Waals surface area contributed by atoms with E-state index < -0.39 is 11.2 Å². The lowest BCUT2D eigenvalue weighted by Crippen LogP contribution is -2.46. The second-order valence-electron chi connectivity index (χ2n) is 8.80. The van der Waals surface area contributed by atoms with Gasteiger partial charge in [0, 0.05) is 23.7 Å². The first-order valence-electron chi connectivity index (χ1n) is 11.8. The summed E-state index contributed by atoms with van der Waals surface area (Å²) in [5.41, 5.74) is 6.84. The predicted octanol–water partition coefficient (Wildman–Crippen LogP) is 3.40. The highest BCUT2D eigenvalue weighted by molar-refractivity contribution is 6.31. The summed E-state index contributed by atoms with van der Waals surface area (Å²) in [6.45, 7) is 4.32. The average molecular weight is 496 g/mol. The van der Waals surface area contributed by atoms with Crippen LogP contribution in [0.2, 0.25) is 5.02 Å². The van der Waals surface area contributed by atoms with Gasteiger partial charge in [-0.25, -0.2) is 4.79 Å². The highest BCUT2D eigenvalue weighted by Gasteiger charge is 2.36. The third-order valence-corrected chi connectivity index (χ3v) is 6.82. The number of hydrogen-bond acceptors (Lipinski definition) is 5. The summed E-state index contributed by atoms with van der Waals surface area (Å²) in [6, 6.07) is 17.1. The number of rotatable bonds is 9. The zero-order valence-corrected chi connectivity index (χ0v) is 20.7. The van der Waals surface area contributed by atoms with E-state index in [0.717, 1.165) is 24.0 Å². The fourth-order valence-electron chi connectivity index (χ4n) is 4.44. The Labute approximate surface area is 208 Å². The summed E-state index contributed by atoms with van der Waals surface area (Å²) in [7, 11) is 0. The van der Waals surface area contributed by atoms with E-state index in [9.17, 15) is 14.4 Å². The van der Waals surface area contributed by atoms with Crippen molar-refractivity contribution in [3.05, 3.63) is 91.6 Å². The van der Waals surface area contributed by atoms with Crippen LogP contribution in [0, 0.1) is 0 Å². The van der Waals surface area contributed by atoms with Gasteiger partial charge >= 0.3 is 5.69 Å². The van der Waals surface area contributed by atoms with Crippen molar-refractivity contribution < 1.29 is 4.79 Å². The Balaban J connectivity index is 1.64. The Morgan fingerprint density at radius 2 is 1.80 bits per heavy atom. The Bertz CT molecular complexity index is 1320. The Kier molecular flexibility index (Phi) is 7.42. The summed E-state index contributed by atoms with van der Waals surface area (Å²) < 4.78 is 1.28. The molecule has 1 saturated carbocycles. The van der Waals surface area contributed by atoms with Crippen LogP contribution in [-0.4, -0.2) is 39.5 Å². The van der Waals surface area contributed by atoms with Crippen LogP contribution in [0.5, 0.6) is 0 Å². The number of anilines is 2. The van der Waals surface area contributed by atoms with E-state index in [2.05, 4.69) is 9.88 Å². The molecule has 0 aliphatic heterocycles. The van der Waals surface area contributed by atoms with Crippen LogP contribution in [-0.2, 0) is 11.3 Å². The van der Waals surface area contributed by atoms with Crippen molar-refractivity contribution in [3.8, 4) is 0 Å². The number of nitrogens with zero attached hydrogens (tertiary/aromatic N) is 3. The Morgan fingerprint density at radius 3 is 2.43 bits per heavy atom. The van der Waals surface area contributed by atoms with Gasteiger partial charge in [-0.1, -0.05) is 60.1 Å². The highest BCUT2D eigenvalue weighted by Crippen LogP contribution is 2.36. The minimum Gasteiger partial charge on any atom is -0.383 e. The summed E-state index contributed by atoms with van der Waals surface area (Å²) in [4.78, 5) is 44.8. The lowest BCUT2D eigenvalue weighted by molar-refractivity contribution is -0.120. The normalized spacial score (nSPS) is 14.2. The molecule has 4 rings (SSSR count). The Hall–Kier alpha value is -3.36. The van der Waals surface area contributed by atoms with Crippen LogP contribution in [0.25, 0.3) is 0 Å². The van der Waals surface area contributed by atoms with Gasteiger partial charge in [-0.2, -0.15) is 0 Å². The van der Waals surface area contributed by atoms with Gasteiger partial charge in [0.1, 0.15) is 5.82 Å². The zero-order valence-electron chi connectivity index (χ0n) is 19.9. The highest BCUT2D eigenvalue weighted by atomic mass is 35.5. The van der Waals surface area contributed by atoms with Gasteiger partial charge in [-0.3, -0.25) is 24.0 Å². The van der Waals surface area contributed by atoms with Gasteiger partial charge in [0.15, 0.2) is 5.69 Å².